The second-order valence-corrected chi connectivity index (χ2v) is 4.05. The average Bonchev–Trinajstić information content (AvgIpc) is 2.76. The van der Waals surface area contributed by atoms with E-state index in [1.807, 2.05) is 5.38 Å². The van der Waals surface area contributed by atoms with Gasteiger partial charge in [0.15, 0.2) is 11.6 Å². The molecular formula is C9H8ClFN4S. The second-order valence-electron chi connectivity index (χ2n) is 2.99. The molecular weight excluding hydrogens is 251 g/mol. The molecule has 0 saturated carbocycles. The summed E-state index contributed by atoms with van der Waals surface area (Å²) < 4.78 is 13.2. The van der Waals surface area contributed by atoms with Gasteiger partial charge in [-0.1, -0.05) is 0 Å². The van der Waals surface area contributed by atoms with Gasteiger partial charge >= 0.3 is 0 Å². The number of anilines is 1. The van der Waals surface area contributed by atoms with Crippen molar-refractivity contribution in [3.8, 4) is 0 Å². The van der Waals surface area contributed by atoms with Crippen molar-refractivity contribution in [3.63, 3.8) is 0 Å². The highest BCUT2D eigenvalue weighted by molar-refractivity contribution is 7.07. The van der Waals surface area contributed by atoms with Crippen molar-refractivity contribution in [1.29, 1.82) is 0 Å². The van der Waals surface area contributed by atoms with Gasteiger partial charge in [0.05, 0.1) is 17.4 Å². The smallest absolute Gasteiger partial charge is 0.224 e. The van der Waals surface area contributed by atoms with Crippen LogP contribution in [0, 0.1) is 5.82 Å². The van der Waals surface area contributed by atoms with Gasteiger partial charge in [-0.2, -0.15) is 4.98 Å². The molecule has 2 aromatic rings. The molecule has 0 aliphatic carbocycles. The second kappa shape index (κ2) is 5.18. The van der Waals surface area contributed by atoms with Gasteiger partial charge in [-0.3, -0.25) is 0 Å². The minimum absolute atomic E-state index is 0.0255. The fourth-order valence-corrected chi connectivity index (χ4v) is 1.87. The lowest BCUT2D eigenvalue weighted by Gasteiger charge is -2.04. The number of hydrogen-bond donors (Lipinski definition) is 1. The lowest BCUT2D eigenvalue weighted by molar-refractivity contribution is 0.616. The van der Waals surface area contributed by atoms with Crippen LogP contribution in [0.2, 0.25) is 5.28 Å². The molecule has 0 aromatic carbocycles. The van der Waals surface area contributed by atoms with Crippen LogP contribution in [-0.4, -0.2) is 21.5 Å². The van der Waals surface area contributed by atoms with E-state index in [0.29, 0.717) is 13.0 Å². The van der Waals surface area contributed by atoms with E-state index >= 15 is 0 Å². The molecule has 4 nitrogen and oxygen atoms in total. The van der Waals surface area contributed by atoms with Crippen LogP contribution in [0.5, 0.6) is 0 Å². The molecule has 0 atom stereocenters. The Balaban J connectivity index is 1.92. The maximum Gasteiger partial charge on any atom is 0.224 e. The van der Waals surface area contributed by atoms with Crippen molar-refractivity contribution in [2.24, 2.45) is 0 Å². The highest BCUT2D eigenvalue weighted by Gasteiger charge is 2.05. The van der Waals surface area contributed by atoms with Crippen molar-refractivity contribution >= 4 is 28.8 Å². The van der Waals surface area contributed by atoms with Crippen LogP contribution >= 0.6 is 22.9 Å². The zero-order valence-electron chi connectivity index (χ0n) is 8.15. The Kier molecular flexibility index (Phi) is 3.63. The van der Waals surface area contributed by atoms with E-state index in [0.717, 1.165) is 11.9 Å². The Hall–Kier alpha value is -1.27. The predicted octanol–water partition coefficient (Wildman–Crippen LogP) is 2.38. The van der Waals surface area contributed by atoms with E-state index in [1.54, 1.807) is 5.51 Å². The lowest BCUT2D eigenvalue weighted by atomic mass is 10.3. The summed E-state index contributed by atoms with van der Waals surface area (Å²) in [4.78, 5) is 11.4. The normalized spacial score (nSPS) is 10.4. The third-order valence-electron chi connectivity index (χ3n) is 1.87. The first-order valence-electron chi connectivity index (χ1n) is 4.54. The summed E-state index contributed by atoms with van der Waals surface area (Å²) >= 11 is 7.09. The van der Waals surface area contributed by atoms with Gasteiger partial charge in [0.25, 0.3) is 0 Å². The number of thiazole rings is 1. The monoisotopic (exact) mass is 258 g/mol. The number of nitrogens with zero attached hydrogens (tertiary/aromatic N) is 3. The molecule has 0 aliphatic heterocycles. The van der Waals surface area contributed by atoms with Crippen LogP contribution in [0.3, 0.4) is 0 Å². The zero-order valence-corrected chi connectivity index (χ0v) is 9.72. The SMILES string of the molecule is Fc1cnc(Cl)nc1NCCc1cscn1. The number of rotatable bonds is 4. The van der Waals surface area contributed by atoms with Crippen LogP contribution in [0.15, 0.2) is 17.1 Å². The van der Waals surface area contributed by atoms with E-state index in [-0.39, 0.29) is 11.1 Å². The van der Waals surface area contributed by atoms with E-state index in [4.69, 9.17) is 11.6 Å². The van der Waals surface area contributed by atoms with Crippen LogP contribution in [0.25, 0.3) is 0 Å². The maximum atomic E-state index is 13.2. The fourth-order valence-electron chi connectivity index (χ4n) is 1.14. The summed E-state index contributed by atoms with van der Waals surface area (Å²) in [5.41, 5.74) is 2.73. The molecule has 0 saturated heterocycles. The molecule has 0 radical (unpaired) electrons. The first kappa shape index (κ1) is 11.2. The van der Waals surface area contributed by atoms with Gasteiger partial charge in [0.2, 0.25) is 5.28 Å². The van der Waals surface area contributed by atoms with Crippen molar-refractivity contribution < 1.29 is 4.39 Å². The first-order chi connectivity index (χ1) is 7.75. The molecule has 0 unspecified atom stereocenters. The predicted molar refractivity (Wildman–Crippen MR) is 61.3 cm³/mol. The number of nitrogens with one attached hydrogen (secondary N) is 1. The Labute approximate surface area is 101 Å². The highest BCUT2D eigenvalue weighted by atomic mass is 35.5. The summed E-state index contributed by atoms with van der Waals surface area (Å²) in [6.07, 6.45) is 1.76. The van der Waals surface area contributed by atoms with Gasteiger partial charge in [0.1, 0.15) is 0 Å². The van der Waals surface area contributed by atoms with Crippen LogP contribution < -0.4 is 5.32 Å². The number of halogens is 2. The third kappa shape index (κ3) is 2.86. The zero-order chi connectivity index (χ0) is 11.4. The van der Waals surface area contributed by atoms with Crippen molar-refractivity contribution in [2.75, 3.05) is 11.9 Å². The molecule has 0 bridgehead atoms. The molecule has 16 heavy (non-hydrogen) atoms. The molecule has 84 valence electrons. The lowest BCUT2D eigenvalue weighted by Crippen LogP contribution is -2.08. The Morgan fingerprint density at radius 3 is 3.06 bits per heavy atom. The van der Waals surface area contributed by atoms with Crippen LogP contribution in [0.1, 0.15) is 5.69 Å². The topological polar surface area (TPSA) is 50.7 Å². The van der Waals surface area contributed by atoms with E-state index < -0.39 is 5.82 Å². The van der Waals surface area contributed by atoms with Crippen molar-refractivity contribution in [2.45, 2.75) is 6.42 Å². The largest absolute Gasteiger partial charge is 0.367 e. The summed E-state index contributed by atoms with van der Waals surface area (Å²) in [5, 5.41) is 4.82. The summed E-state index contributed by atoms with van der Waals surface area (Å²) in [6.45, 7) is 0.550. The van der Waals surface area contributed by atoms with Crippen LogP contribution in [-0.2, 0) is 6.42 Å². The molecule has 0 aliphatic rings. The van der Waals surface area contributed by atoms with Gasteiger partial charge < -0.3 is 5.32 Å². The molecule has 0 fully saturated rings. The quantitative estimate of drug-likeness (QED) is 0.856. The molecule has 0 amide bonds. The van der Waals surface area contributed by atoms with Crippen LogP contribution in [0.4, 0.5) is 10.2 Å². The van der Waals surface area contributed by atoms with Crippen molar-refractivity contribution in [3.05, 3.63) is 33.9 Å². The summed E-state index contributed by atoms with van der Waals surface area (Å²) in [7, 11) is 0. The molecule has 2 heterocycles. The molecule has 1 N–H and O–H groups in total. The Morgan fingerprint density at radius 2 is 2.31 bits per heavy atom. The Bertz CT molecular complexity index is 463. The van der Waals surface area contributed by atoms with Gasteiger partial charge in [-0.15, -0.1) is 11.3 Å². The number of hydrogen-bond acceptors (Lipinski definition) is 5. The molecule has 7 heteroatoms. The highest BCUT2D eigenvalue weighted by Crippen LogP contribution is 2.12. The summed E-state index contributed by atoms with van der Waals surface area (Å²) in [5.74, 6) is -0.391. The average molecular weight is 259 g/mol. The van der Waals surface area contributed by atoms with Gasteiger partial charge in [-0.25, -0.2) is 14.4 Å². The van der Waals surface area contributed by atoms with Gasteiger partial charge in [-0.05, 0) is 11.6 Å². The molecule has 0 spiro atoms. The summed E-state index contributed by atoms with van der Waals surface area (Å²) in [6, 6.07) is 0. The van der Waals surface area contributed by atoms with E-state index in [9.17, 15) is 4.39 Å². The number of aromatic nitrogens is 3. The standard InChI is InChI=1S/C9H8ClFN4S/c10-9-13-3-7(11)8(15-9)12-2-1-6-4-16-5-14-6/h3-5H,1-2H2,(H,12,13,15). The maximum absolute atomic E-state index is 13.2. The fraction of sp³-hybridized carbons (Fsp3) is 0.222. The van der Waals surface area contributed by atoms with Gasteiger partial charge in [0, 0.05) is 18.3 Å². The van der Waals surface area contributed by atoms with E-state index in [1.165, 1.54) is 11.3 Å². The first-order valence-corrected chi connectivity index (χ1v) is 5.87. The van der Waals surface area contributed by atoms with E-state index in [2.05, 4.69) is 20.3 Å². The minimum atomic E-state index is -0.511. The minimum Gasteiger partial charge on any atom is -0.367 e. The molecule has 2 rings (SSSR count). The third-order valence-corrected chi connectivity index (χ3v) is 2.69. The van der Waals surface area contributed by atoms with Crippen molar-refractivity contribution in [1.82, 2.24) is 15.0 Å². The Morgan fingerprint density at radius 1 is 1.44 bits per heavy atom. The molecule has 2 aromatic heterocycles.